The minimum atomic E-state index is 0.548. The molecule has 1 saturated carbocycles. The average Bonchev–Trinajstić information content (AvgIpc) is 2.41. The summed E-state index contributed by atoms with van der Waals surface area (Å²) >= 11 is 5.25. The van der Waals surface area contributed by atoms with Crippen LogP contribution in [0.2, 0.25) is 0 Å². The first-order valence-corrected chi connectivity index (χ1v) is 7.50. The second-order valence-corrected chi connectivity index (χ2v) is 5.65. The molecule has 3 nitrogen and oxygen atoms in total. The molecule has 0 saturated heterocycles. The lowest BCUT2D eigenvalue weighted by Gasteiger charge is -2.23. The summed E-state index contributed by atoms with van der Waals surface area (Å²) in [4.78, 5) is 0. The normalized spacial score (nSPS) is 25.2. The van der Waals surface area contributed by atoms with Crippen molar-refractivity contribution in [2.75, 3.05) is 0 Å². The Morgan fingerprint density at radius 3 is 2.72 bits per heavy atom. The van der Waals surface area contributed by atoms with E-state index >= 15 is 0 Å². The van der Waals surface area contributed by atoms with Gasteiger partial charge in [-0.05, 0) is 50.2 Å². The average molecular weight is 265 g/mol. The first-order valence-electron chi connectivity index (χ1n) is 7.09. The molecule has 0 aliphatic heterocycles. The van der Waals surface area contributed by atoms with Crippen LogP contribution in [0.1, 0.15) is 51.4 Å². The highest BCUT2D eigenvalue weighted by atomic mass is 32.1. The number of nitrogens with one attached hydrogen (secondary N) is 2. The maximum absolute atomic E-state index is 5.25. The van der Waals surface area contributed by atoms with Crippen LogP contribution in [0.15, 0.2) is 17.3 Å². The fourth-order valence-corrected chi connectivity index (χ4v) is 2.84. The van der Waals surface area contributed by atoms with Gasteiger partial charge in [-0.3, -0.25) is 5.43 Å². The first-order chi connectivity index (χ1) is 8.84. The molecule has 1 atom stereocenters. The lowest BCUT2D eigenvalue weighted by Crippen LogP contribution is -2.41. The highest BCUT2D eigenvalue weighted by Crippen LogP contribution is 2.17. The maximum atomic E-state index is 5.25. The third kappa shape index (κ3) is 4.77. The number of hydrogen-bond acceptors (Lipinski definition) is 2. The Kier molecular flexibility index (Phi) is 5.65. The molecule has 2 rings (SSSR count). The highest BCUT2D eigenvalue weighted by Gasteiger charge is 2.13. The van der Waals surface area contributed by atoms with E-state index in [2.05, 4.69) is 28.0 Å². The highest BCUT2D eigenvalue weighted by molar-refractivity contribution is 7.80. The molecular weight excluding hydrogens is 242 g/mol. The third-order valence-electron chi connectivity index (χ3n) is 3.70. The summed E-state index contributed by atoms with van der Waals surface area (Å²) < 4.78 is 0. The van der Waals surface area contributed by atoms with E-state index in [0.717, 1.165) is 6.42 Å². The van der Waals surface area contributed by atoms with E-state index in [1.165, 1.54) is 44.9 Å². The predicted molar refractivity (Wildman–Crippen MR) is 80.7 cm³/mol. The largest absolute Gasteiger partial charge is 0.359 e. The molecular formula is C14H23N3S. The number of rotatable bonds is 3. The second kappa shape index (κ2) is 7.52. The van der Waals surface area contributed by atoms with E-state index in [0.29, 0.717) is 17.1 Å². The third-order valence-corrected chi connectivity index (χ3v) is 3.91. The van der Waals surface area contributed by atoms with Gasteiger partial charge in [0.15, 0.2) is 5.11 Å². The van der Waals surface area contributed by atoms with Crippen LogP contribution >= 0.6 is 12.2 Å². The van der Waals surface area contributed by atoms with Gasteiger partial charge in [-0.2, -0.15) is 5.10 Å². The van der Waals surface area contributed by atoms with Crippen molar-refractivity contribution in [3.05, 3.63) is 12.2 Å². The molecule has 2 aliphatic rings. The summed E-state index contributed by atoms with van der Waals surface area (Å²) in [6, 6.07) is 0.548. The molecule has 0 aromatic carbocycles. The molecule has 18 heavy (non-hydrogen) atoms. The minimum absolute atomic E-state index is 0.548. The minimum Gasteiger partial charge on any atom is -0.359 e. The van der Waals surface area contributed by atoms with Gasteiger partial charge < -0.3 is 5.32 Å². The van der Waals surface area contributed by atoms with Crippen molar-refractivity contribution in [3.8, 4) is 0 Å². The Morgan fingerprint density at radius 1 is 1.17 bits per heavy atom. The summed E-state index contributed by atoms with van der Waals surface area (Å²) in [5, 5.41) is 8.27. The van der Waals surface area contributed by atoms with Gasteiger partial charge in [0.2, 0.25) is 0 Å². The van der Waals surface area contributed by atoms with Gasteiger partial charge in [-0.15, -0.1) is 0 Å². The van der Waals surface area contributed by atoms with Crippen molar-refractivity contribution in [3.63, 3.8) is 0 Å². The van der Waals surface area contributed by atoms with Crippen LogP contribution in [0.4, 0.5) is 0 Å². The Balaban J connectivity index is 1.64. The maximum Gasteiger partial charge on any atom is 0.187 e. The number of hydrogen-bond donors (Lipinski definition) is 2. The van der Waals surface area contributed by atoms with E-state index in [9.17, 15) is 0 Å². The molecule has 1 unspecified atom stereocenters. The molecule has 0 radical (unpaired) electrons. The first kappa shape index (κ1) is 13.5. The van der Waals surface area contributed by atoms with E-state index in [1.54, 1.807) is 0 Å². The Hall–Kier alpha value is -0.900. The zero-order valence-corrected chi connectivity index (χ0v) is 11.7. The summed E-state index contributed by atoms with van der Waals surface area (Å²) in [5.41, 5.74) is 2.94. The molecule has 0 spiro atoms. The van der Waals surface area contributed by atoms with Crippen LogP contribution in [0.3, 0.4) is 0 Å². The van der Waals surface area contributed by atoms with Gasteiger partial charge >= 0.3 is 0 Å². The fourth-order valence-electron chi connectivity index (χ4n) is 2.62. The summed E-state index contributed by atoms with van der Waals surface area (Å²) in [5.74, 6) is 0.569. The molecule has 2 N–H and O–H groups in total. The lowest BCUT2D eigenvalue weighted by atomic mass is 9.96. The molecule has 100 valence electrons. The molecule has 1 fully saturated rings. The smallest absolute Gasteiger partial charge is 0.187 e. The van der Waals surface area contributed by atoms with E-state index < -0.39 is 0 Å². The van der Waals surface area contributed by atoms with E-state index in [1.807, 2.05) is 6.21 Å². The molecule has 0 aromatic rings. The number of hydrazone groups is 1. The zero-order chi connectivity index (χ0) is 12.6. The van der Waals surface area contributed by atoms with Crippen molar-refractivity contribution < 1.29 is 0 Å². The van der Waals surface area contributed by atoms with Crippen molar-refractivity contribution in [1.29, 1.82) is 0 Å². The van der Waals surface area contributed by atoms with Crippen molar-refractivity contribution in [2.24, 2.45) is 11.0 Å². The molecule has 0 heterocycles. The number of nitrogens with zero attached hydrogens (tertiary/aromatic N) is 1. The molecule has 2 aliphatic carbocycles. The Labute approximate surface area is 115 Å². The van der Waals surface area contributed by atoms with Crippen molar-refractivity contribution >= 4 is 23.5 Å². The van der Waals surface area contributed by atoms with E-state index in [-0.39, 0.29) is 0 Å². The fraction of sp³-hybridized carbons (Fsp3) is 0.714. The van der Waals surface area contributed by atoms with Crippen LogP contribution in [0.5, 0.6) is 0 Å². The van der Waals surface area contributed by atoms with Gasteiger partial charge in [-0.1, -0.05) is 31.4 Å². The van der Waals surface area contributed by atoms with Gasteiger partial charge in [0, 0.05) is 12.3 Å². The van der Waals surface area contributed by atoms with Crippen LogP contribution in [-0.4, -0.2) is 17.4 Å². The predicted octanol–water partition coefficient (Wildman–Crippen LogP) is 3.13. The standard InChI is InChI=1S/C14H23N3S/c18-14(16-13-9-5-2-6-10-13)17-15-11-12-7-3-1-4-8-12/h1,3,11-13H,2,4-10H2,(H2,16,17,18)/b15-11+. The van der Waals surface area contributed by atoms with Gasteiger partial charge in [0.05, 0.1) is 0 Å². The van der Waals surface area contributed by atoms with Crippen molar-refractivity contribution in [1.82, 2.24) is 10.7 Å². The van der Waals surface area contributed by atoms with Crippen LogP contribution < -0.4 is 10.7 Å². The molecule has 0 aromatic heterocycles. The van der Waals surface area contributed by atoms with Gasteiger partial charge in [0.1, 0.15) is 0 Å². The van der Waals surface area contributed by atoms with Gasteiger partial charge in [-0.25, -0.2) is 0 Å². The number of thiocarbonyl (C=S) groups is 1. The lowest BCUT2D eigenvalue weighted by molar-refractivity contribution is 0.412. The summed E-state index contributed by atoms with van der Waals surface area (Å²) in [7, 11) is 0. The van der Waals surface area contributed by atoms with Crippen molar-refractivity contribution in [2.45, 2.75) is 57.4 Å². The monoisotopic (exact) mass is 265 g/mol. The zero-order valence-electron chi connectivity index (χ0n) is 10.9. The van der Waals surface area contributed by atoms with Crippen LogP contribution in [0, 0.1) is 5.92 Å². The van der Waals surface area contributed by atoms with Gasteiger partial charge in [0.25, 0.3) is 0 Å². The van der Waals surface area contributed by atoms with E-state index in [4.69, 9.17) is 12.2 Å². The molecule has 0 bridgehead atoms. The Morgan fingerprint density at radius 2 is 2.00 bits per heavy atom. The topological polar surface area (TPSA) is 36.4 Å². The SMILES string of the molecule is S=C(N/N=C/C1CC=CCC1)NC1CCCCC1. The Bertz CT molecular complexity index is 319. The molecule has 4 heteroatoms. The quantitative estimate of drug-likeness (QED) is 0.356. The second-order valence-electron chi connectivity index (χ2n) is 5.24. The molecule has 0 amide bonds. The van der Waals surface area contributed by atoms with Crippen LogP contribution in [0.25, 0.3) is 0 Å². The number of allylic oxidation sites excluding steroid dienone is 2. The van der Waals surface area contributed by atoms with Crippen LogP contribution in [-0.2, 0) is 0 Å². The summed E-state index contributed by atoms with van der Waals surface area (Å²) in [6.45, 7) is 0. The summed E-state index contributed by atoms with van der Waals surface area (Å²) in [6.07, 6.45) is 16.4.